The number of benzene rings is 1. The van der Waals surface area contributed by atoms with Crippen molar-refractivity contribution < 1.29 is 4.79 Å². The summed E-state index contributed by atoms with van der Waals surface area (Å²) >= 11 is 5.77. The zero-order chi connectivity index (χ0) is 12.3. The summed E-state index contributed by atoms with van der Waals surface area (Å²) in [5, 5.41) is -0.272. The number of nitrogens with zero attached hydrogens (tertiary/aromatic N) is 1. The minimum absolute atomic E-state index is 0.272. The molecule has 0 aromatic heterocycles. The molecule has 3 heteroatoms. The zero-order valence-electron chi connectivity index (χ0n) is 10.1. The van der Waals surface area contributed by atoms with Crippen molar-refractivity contribution in [2.45, 2.75) is 25.8 Å². The number of carbonyl (C=O) groups is 1. The Morgan fingerprint density at radius 3 is 2.41 bits per heavy atom. The largest absolute Gasteiger partial charge is 0.289 e. The summed E-state index contributed by atoms with van der Waals surface area (Å²) in [4.78, 5) is 13.8. The number of hydrogen-bond donors (Lipinski definition) is 0. The minimum atomic E-state index is -0.273. The van der Waals surface area contributed by atoms with Crippen molar-refractivity contribution in [3.8, 4) is 0 Å². The van der Waals surface area contributed by atoms with E-state index in [0.29, 0.717) is 0 Å². The molecule has 1 aromatic rings. The van der Waals surface area contributed by atoms with Crippen LogP contribution < -0.4 is 0 Å². The van der Waals surface area contributed by atoms with E-state index in [2.05, 4.69) is 11.8 Å². The number of halogens is 1. The maximum absolute atomic E-state index is 11.6. The van der Waals surface area contributed by atoms with Crippen molar-refractivity contribution >= 4 is 16.8 Å². The molecule has 17 heavy (non-hydrogen) atoms. The lowest BCUT2D eigenvalue weighted by Crippen LogP contribution is -2.38. The number of likely N-dealkylation sites (tertiary alicyclic amines) is 1. The van der Waals surface area contributed by atoms with Crippen molar-refractivity contribution in [1.82, 2.24) is 4.90 Å². The van der Waals surface area contributed by atoms with Gasteiger partial charge in [0.1, 0.15) is 6.04 Å². The maximum atomic E-state index is 11.6. The molecule has 0 aliphatic carbocycles. The molecule has 1 saturated heterocycles. The first-order valence-corrected chi connectivity index (χ1v) is 6.54. The van der Waals surface area contributed by atoms with Gasteiger partial charge in [-0.25, -0.2) is 0 Å². The first-order valence-electron chi connectivity index (χ1n) is 6.17. The van der Waals surface area contributed by atoms with Gasteiger partial charge >= 0.3 is 0 Å². The molecule has 1 aliphatic rings. The van der Waals surface area contributed by atoms with Crippen molar-refractivity contribution in [2.75, 3.05) is 13.1 Å². The van der Waals surface area contributed by atoms with Crippen LogP contribution in [0.15, 0.2) is 30.3 Å². The monoisotopic (exact) mass is 251 g/mol. The molecule has 2 nitrogen and oxygen atoms in total. The van der Waals surface area contributed by atoms with Crippen LogP contribution in [0.4, 0.5) is 0 Å². The summed E-state index contributed by atoms with van der Waals surface area (Å²) in [6.45, 7) is 4.18. The van der Waals surface area contributed by atoms with Crippen molar-refractivity contribution in [3.05, 3.63) is 35.9 Å². The zero-order valence-corrected chi connectivity index (χ0v) is 10.9. The fourth-order valence-corrected chi connectivity index (χ4v) is 2.67. The second kappa shape index (κ2) is 5.65. The van der Waals surface area contributed by atoms with Gasteiger partial charge in [-0.1, -0.05) is 37.3 Å². The highest BCUT2D eigenvalue weighted by atomic mass is 35.5. The Kier molecular flexibility index (Phi) is 4.19. The molecule has 1 fully saturated rings. The lowest BCUT2D eigenvalue weighted by atomic mass is 9.96. The molecule has 0 N–H and O–H groups in total. The van der Waals surface area contributed by atoms with Crippen LogP contribution in [0.5, 0.6) is 0 Å². The van der Waals surface area contributed by atoms with Crippen LogP contribution in [-0.2, 0) is 4.79 Å². The number of carbonyl (C=O) groups excluding carboxylic acids is 1. The van der Waals surface area contributed by atoms with E-state index < -0.39 is 0 Å². The van der Waals surface area contributed by atoms with Gasteiger partial charge in [0.05, 0.1) is 0 Å². The van der Waals surface area contributed by atoms with Crippen LogP contribution in [0.25, 0.3) is 0 Å². The van der Waals surface area contributed by atoms with E-state index in [9.17, 15) is 4.79 Å². The molecule has 2 rings (SSSR count). The smallest absolute Gasteiger partial charge is 0.243 e. The van der Waals surface area contributed by atoms with Crippen LogP contribution in [0.1, 0.15) is 31.4 Å². The normalized spacial score (nSPS) is 20.1. The highest BCUT2D eigenvalue weighted by Gasteiger charge is 2.28. The summed E-state index contributed by atoms with van der Waals surface area (Å²) in [6.07, 6.45) is 2.29. The van der Waals surface area contributed by atoms with E-state index in [1.165, 1.54) is 0 Å². The molecule has 1 heterocycles. The Labute approximate surface area is 108 Å². The maximum Gasteiger partial charge on any atom is 0.243 e. The van der Waals surface area contributed by atoms with Gasteiger partial charge < -0.3 is 0 Å². The first kappa shape index (κ1) is 12.6. The second-order valence-electron chi connectivity index (χ2n) is 4.84. The van der Waals surface area contributed by atoms with Crippen molar-refractivity contribution in [1.29, 1.82) is 0 Å². The van der Waals surface area contributed by atoms with Gasteiger partial charge in [0.15, 0.2) is 0 Å². The van der Waals surface area contributed by atoms with E-state index in [1.807, 2.05) is 30.3 Å². The summed E-state index contributed by atoms with van der Waals surface area (Å²) in [6, 6.07) is 9.54. The molecule has 0 amide bonds. The SMILES string of the molecule is CC1CCN(C(C(=O)Cl)c2ccccc2)CC1. The van der Waals surface area contributed by atoms with Gasteiger partial charge in [-0.15, -0.1) is 0 Å². The lowest BCUT2D eigenvalue weighted by Gasteiger charge is -2.35. The summed E-state index contributed by atoms with van der Waals surface area (Å²) in [5.41, 5.74) is 1.00. The Bertz CT molecular complexity index is 371. The molecule has 0 spiro atoms. The fraction of sp³-hybridized carbons (Fsp3) is 0.500. The average molecular weight is 252 g/mol. The topological polar surface area (TPSA) is 20.3 Å². The van der Waals surface area contributed by atoms with E-state index in [0.717, 1.165) is 37.4 Å². The first-order chi connectivity index (χ1) is 8.18. The van der Waals surface area contributed by atoms with Crippen LogP contribution in [-0.4, -0.2) is 23.2 Å². The fourth-order valence-electron chi connectivity index (χ4n) is 2.41. The molecular weight excluding hydrogens is 234 g/mol. The third-order valence-corrected chi connectivity index (χ3v) is 3.72. The molecular formula is C14H18ClNO. The average Bonchev–Trinajstić information content (AvgIpc) is 2.33. The minimum Gasteiger partial charge on any atom is -0.289 e. The molecule has 1 aliphatic heterocycles. The third-order valence-electron chi connectivity index (χ3n) is 3.51. The number of hydrogen-bond acceptors (Lipinski definition) is 2. The van der Waals surface area contributed by atoms with Gasteiger partial charge in [-0.3, -0.25) is 9.69 Å². The summed E-state index contributed by atoms with van der Waals surface area (Å²) < 4.78 is 0. The number of piperidine rings is 1. The van der Waals surface area contributed by atoms with E-state index in [4.69, 9.17) is 11.6 Å². The van der Waals surface area contributed by atoms with E-state index in [-0.39, 0.29) is 11.3 Å². The molecule has 1 atom stereocenters. The second-order valence-corrected chi connectivity index (χ2v) is 5.21. The third kappa shape index (κ3) is 3.08. The molecule has 0 radical (unpaired) electrons. The predicted molar refractivity (Wildman–Crippen MR) is 70.0 cm³/mol. The molecule has 0 bridgehead atoms. The highest BCUT2D eigenvalue weighted by Crippen LogP contribution is 2.28. The Balaban J connectivity index is 2.16. The number of rotatable bonds is 3. The molecule has 92 valence electrons. The van der Waals surface area contributed by atoms with Gasteiger partial charge in [0, 0.05) is 0 Å². The standard InChI is InChI=1S/C14H18ClNO/c1-11-7-9-16(10-8-11)13(14(15)17)12-5-3-2-4-6-12/h2-6,11,13H,7-10H2,1H3. The Hall–Kier alpha value is -0.860. The van der Waals surface area contributed by atoms with Gasteiger partial charge in [0.2, 0.25) is 5.24 Å². The Morgan fingerprint density at radius 2 is 1.88 bits per heavy atom. The van der Waals surface area contributed by atoms with Crippen LogP contribution >= 0.6 is 11.6 Å². The van der Waals surface area contributed by atoms with Gasteiger partial charge in [-0.2, -0.15) is 0 Å². The summed E-state index contributed by atoms with van der Waals surface area (Å²) in [5.74, 6) is 0.758. The quantitative estimate of drug-likeness (QED) is 0.769. The molecule has 1 aromatic carbocycles. The Morgan fingerprint density at radius 1 is 1.29 bits per heavy atom. The van der Waals surface area contributed by atoms with Crippen molar-refractivity contribution in [3.63, 3.8) is 0 Å². The van der Waals surface area contributed by atoms with Crippen LogP contribution in [0, 0.1) is 5.92 Å². The predicted octanol–water partition coefficient (Wildman–Crippen LogP) is 3.23. The van der Waals surface area contributed by atoms with Crippen LogP contribution in [0.2, 0.25) is 0 Å². The van der Waals surface area contributed by atoms with E-state index >= 15 is 0 Å². The van der Waals surface area contributed by atoms with Gasteiger partial charge in [0.25, 0.3) is 0 Å². The summed E-state index contributed by atoms with van der Waals surface area (Å²) in [7, 11) is 0. The van der Waals surface area contributed by atoms with Crippen molar-refractivity contribution in [2.24, 2.45) is 5.92 Å². The molecule has 1 unspecified atom stereocenters. The van der Waals surface area contributed by atoms with E-state index in [1.54, 1.807) is 0 Å². The highest BCUT2D eigenvalue weighted by molar-refractivity contribution is 6.64. The molecule has 0 saturated carbocycles. The van der Waals surface area contributed by atoms with Gasteiger partial charge in [-0.05, 0) is 49.0 Å². The van der Waals surface area contributed by atoms with Crippen LogP contribution in [0.3, 0.4) is 0 Å². The lowest BCUT2D eigenvalue weighted by molar-refractivity contribution is -0.117.